The quantitative estimate of drug-likeness (QED) is 0.395. The van der Waals surface area contributed by atoms with Gasteiger partial charge < -0.3 is 9.47 Å². The van der Waals surface area contributed by atoms with Gasteiger partial charge in [0.25, 0.3) is 0 Å². The monoisotopic (exact) mass is 452 g/mol. The zero-order valence-corrected chi connectivity index (χ0v) is 19.6. The lowest BCUT2D eigenvalue weighted by Crippen LogP contribution is -2.32. The van der Waals surface area contributed by atoms with Gasteiger partial charge in [-0.2, -0.15) is 5.10 Å². The molecule has 0 radical (unpaired) electrons. The van der Waals surface area contributed by atoms with Crippen LogP contribution in [0.1, 0.15) is 51.3 Å². The van der Waals surface area contributed by atoms with Gasteiger partial charge in [-0.1, -0.05) is 41.9 Å². The molecule has 1 aromatic heterocycles. The Morgan fingerprint density at radius 1 is 1.16 bits per heavy atom. The summed E-state index contributed by atoms with van der Waals surface area (Å²) in [5.74, 6) is 0.849. The molecule has 32 heavy (non-hydrogen) atoms. The number of carbonyl (C=O) groups excluding carboxylic acids is 1. The van der Waals surface area contributed by atoms with E-state index in [1.165, 1.54) is 13.3 Å². The minimum absolute atomic E-state index is 0.0194. The number of hydrogen-bond acceptors (Lipinski definition) is 4. The third-order valence-electron chi connectivity index (χ3n) is 6.02. The average Bonchev–Trinajstić information content (AvgIpc) is 3.14. The molecule has 6 heteroatoms. The summed E-state index contributed by atoms with van der Waals surface area (Å²) in [6.45, 7) is 5.86. The van der Waals surface area contributed by atoms with Gasteiger partial charge in [0.05, 0.1) is 30.6 Å². The van der Waals surface area contributed by atoms with E-state index in [9.17, 15) is 4.79 Å². The maximum atomic E-state index is 11.8. The third kappa shape index (κ3) is 5.22. The van der Waals surface area contributed by atoms with Crippen LogP contribution < -0.4 is 4.74 Å². The van der Waals surface area contributed by atoms with Crippen molar-refractivity contribution in [3.8, 4) is 17.0 Å². The first-order valence-corrected chi connectivity index (χ1v) is 11.4. The van der Waals surface area contributed by atoms with Gasteiger partial charge in [0.1, 0.15) is 11.4 Å². The fourth-order valence-electron chi connectivity index (χ4n) is 3.45. The van der Waals surface area contributed by atoms with Crippen molar-refractivity contribution >= 4 is 17.4 Å². The zero-order chi connectivity index (χ0) is 22.7. The van der Waals surface area contributed by atoms with Crippen molar-refractivity contribution in [1.82, 2.24) is 9.78 Å². The Kier molecular flexibility index (Phi) is 6.68. The van der Waals surface area contributed by atoms with Gasteiger partial charge in [-0.25, -0.2) is 0 Å². The first-order valence-electron chi connectivity index (χ1n) is 11.0. The van der Waals surface area contributed by atoms with Crippen molar-refractivity contribution in [2.75, 3.05) is 0 Å². The highest BCUT2D eigenvalue weighted by molar-refractivity contribution is 6.31. The van der Waals surface area contributed by atoms with E-state index in [1.54, 1.807) is 13.8 Å². The van der Waals surface area contributed by atoms with Crippen LogP contribution in [0.5, 0.6) is 5.75 Å². The predicted molar refractivity (Wildman–Crippen MR) is 126 cm³/mol. The van der Waals surface area contributed by atoms with Crippen molar-refractivity contribution < 1.29 is 14.3 Å². The highest BCUT2D eigenvalue weighted by atomic mass is 35.5. The van der Waals surface area contributed by atoms with E-state index in [0.29, 0.717) is 17.7 Å². The largest absolute Gasteiger partial charge is 0.490 e. The molecular weight excluding hydrogens is 424 g/mol. The van der Waals surface area contributed by atoms with Crippen LogP contribution in [0.3, 0.4) is 0 Å². The van der Waals surface area contributed by atoms with E-state index in [4.69, 9.17) is 26.2 Å². The Hall–Kier alpha value is -2.63. The van der Waals surface area contributed by atoms with Crippen molar-refractivity contribution in [1.29, 1.82) is 0 Å². The second-order valence-corrected chi connectivity index (χ2v) is 9.23. The number of ketones is 1. The molecule has 1 saturated carbocycles. The van der Waals surface area contributed by atoms with Crippen LogP contribution >= 0.6 is 11.6 Å². The summed E-state index contributed by atoms with van der Waals surface area (Å²) in [6.07, 6.45) is 3.77. The standard InChI is InChI=1S/C26H29ClN2O3/c1-18(30)26(2,3)31-17-21-15-25(29(28-21)16-20-8-4-5-13-24(20)27)19-9-6-12-23(14-19)32-22-10-7-11-22/h4-6,8-9,12-15,22H,7,10-11,16-17H2,1-3H3. The van der Waals surface area contributed by atoms with Crippen LogP contribution in [0.2, 0.25) is 5.02 Å². The van der Waals surface area contributed by atoms with Gasteiger partial charge in [-0.3, -0.25) is 9.48 Å². The molecule has 0 spiro atoms. The highest BCUT2D eigenvalue weighted by Crippen LogP contribution is 2.30. The molecule has 0 bridgehead atoms. The fourth-order valence-corrected chi connectivity index (χ4v) is 3.64. The molecule has 0 saturated heterocycles. The smallest absolute Gasteiger partial charge is 0.161 e. The van der Waals surface area contributed by atoms with Crippen LogP contribution in [0.25, 0.3) is 11.3 Å². The number of rotatable bonds is 9. The first-order chi connectivity index (χ1) is 15.3. The van der Waals surface area contributed by atoms with Gasteiger partial charge in [0, 0.05) is 10.6 Å². The molecule has 168 valence electrons. The highest BCUT2D eigenvalue weighted by Gasteiger charge is 2.25. The SMILES string of the molecule is CC(=O)C(C)(C)OCc1cc(-c2cccc(OC3CCC3)c2)n(Cc2ccccc2Cl)n1. The second kappa shape index (κ2) is 9.47. The molecule has 2 aromatic carbocycles. The van der Waals surface area contributed by atoms with Crippen molar-refractivity contribution in [2.45, 2.75) is 64.9 Å². The summed E-state index contributed by atoms with van der Waals surface area (Å²) in [4.78, 5) is 11.8. The zero-order valence-electron chi connectivity index (χ0n) is 18.8. The molecule has 0 atom stereocenters. The topological polar surface area (TPSA) is 53.4 Å². The summed E-state index contributed by atoms with van der Waals surface area (Å²) < 4.78 is 13.9. The average molecular weight is 453 g/mol. The molecule has 1 fully saturated rings. The third-order valence-corrected chi connectivity index (χ3v) is 6.39. The van der Waals surface area contributed by atoms with Crippen LogP contribution in [-0.4, -0.2) is 27.3 Å². The maximum absolute atomic E-state index is 11.8. The van der Waals surface area contributed by atoms with Crippen molar-refractivity contribution in [3.05, 3.63) is 70.9 Å². The first kappa shape index (κ1) is 22.6. The number of nitrogens with zero attached hydrogens (tertiary/aromatic N) is 2. The predicted octanol–water partition coefficient (Wildman–Crippen LogP) is 6.07. The molecule has 4 rings (SSSR count). The Bertz CT molecular complexity index is 1100. The maximum Gasteiger partial charge on any atom is 0.161 e. The molecule has 0 unspecified atom stereocenters. The molecular formula is C26H29ClN2O3. The molecule has 0 amide bonds. The molecule has 1 heterocycles. The number of Topliss-reactive ketones (excluding diaryl/α,β-unsaturated/α-hetero) is 1. The summed E-state index contributed by atoms with van der Waals surface area (Å²) >= 11 is 6.42. The van der Waals surface area contributed by atoms with Crippen LogP contribution in [0, 0.1) is 0 Å². The minimum Gasteiger partial charge on any atom is -0.490 e. The molecule has 0 N–H and O–H groups in total. The van der Waals surface area contributed by atoms with Gasteiger partial charge in [0.2, 0.25) is 0 Å². The van der Waals surface area contributed by atoms with Crippen LogP contribution in [0.4, 0.5) is 0 Å². The molecule has 1 aliphatic rings. The van der Waals surface area contributed by atoms with Crippen molar-refractivity contribution in [2.24, 2.45) is 0 Å². The molecule has 5 nitrogen and oxygen atoms in total. The van der Waals surface area contributed by atoms with Gasteiger partial charge in [-0.05, 0) is 69.9 Å². The Morgan fingerprint density at radius 3 is 2.62 bits per heavy atom. The van der Waals surface area contributed by atoms with E-state index >= 15 is 0 Å². The fraction of sp³-hybridized carbons (Fsp3) is 0.385. The molecule has 3 aromatic rings. The normalized spacial score (nSPS) is 14.2. The number of hydrogen-bond donors (Lipinski definition) is 0. The lowest BCUT2D eigenvalue weighted by Gasteiger charge is -2.26. The van der Waals surface area contributed by atoms with E-state index in [0.717, 1.165) is 41.1 Å². The van der Waals surface area contributed by atoms with Gasteiger partial charge in [0.15, 0.2) is 5.78 Å². The Morgan fingerprint density at radius 2 is 1.94 bits per heavy atom. The lowest BCUT2D eigenvalue weighted by atomic mass is 9.96. The van der Waals surface area contributed by atoms with Gasteiger partial charge in [-0.15, -0.1) is 0 Å². The second-order valence-electron chi connectivity index (χ2n) is 8.82. The number of ether oxygens (including phenoxy) is 2. The van der Waals surface area contributed by atoms with Crippen molar-refractivity contribution in [3.63, 3.8) is 0 Å². The summed E-state index contributed by atoms with van der Waals surface area (Å²) in [5.41, 5.74) is 2.84. The van der Waals surface area contributed by atoms with Crippen LogP contribution in [-0.2, 0) is 22.7 Å². The van der Waals surface area contributed by atoms with E-state index < -0.39 is 5.60 Å². The summed E-state index contributed by atoms with van der Waals surface area (Å²) in [5, 5.41) is 5.48. The number of benzene rings is 2. The minimum atomic E-state index is -0.858. The number of halogens is 1. The Balaban J connectivity index is 1.64. The van der Waals surface area contributed by atoms with Crippen LogP contribution in [0.15, 0.2) is 54.6 Å². The lowest BCUT2D eigenvalue weighted by molar-refractivity contribution is -0.139. The van der Waals surface area contributed by atoms with E-state index in [2.05, 4.69) is 12.1 Å². The molecule has 0 aliphatic heterocycles. The molecule has 1 aliphatic carbocycles. The van der Waals surface area contributed by atoms with E-state index in [1.807, 2.05) is 47.1 Å². The number of aromatic nitrogens is 2. The van der Waals surface area contributed by atoms with Gasteiger partial charge >= 0.3 is 0 Å². The Labute approximate surface area is 194 Å². The number of carbonyl (C=O) groups is 1. The summed E-state index contributed by atoms with van der Waals surface area (Å²) in [7, 11) is 0. The summed E-state index contributed by atoms with van der Waals surface area (Å²) in [6, 6.07) is 17.9. The van der Waals surface area contributed by atoms with E-state index in [-0.39, 0.29) is 12.4 Å².